The normalized spacial score (nSPS) is 21.7. The maximum atomic E-state index is 12.5. The monoisotopic (exact) mass is 335 g/mol. The number of benzene rings is 1. The number of hydrogen-bond donors (Lipinski definition) is 1. The van der Waals surface area contributed by atoms with Gasteiger partial charge in [-0.05, 0) is 38.3 Å². The van der Waals surface area contributed by atoms with Crippen molar-refractivity contribution in [1.29, 1.82) is 0 Å². The van der Waals surface area contributed by atoms with E-state index in [1.807, 2.05) is 26.0 Å². The molecule has 1 fully saturated rings. The Morgan fingerprint density at radius 3 is 2.65 bits per heavy atom. The first-order chi connectivity index (χ1) is 10.8. The molecule has 0 unspecified atom stereocenters. The summed E-state index contributed by atoms with van der Waals surface area (Å²) in [5, 5.41) is 0.614. The molecule has 1 saturated carbocycles. The van der Waals surface area contributed by atoms with Gasteiger partial charge in [-0.2, -0.15) is 0 Å². The van der Waals surface area contributed by atoms with Crippen LogP contribution in [0.15, 0.2) is 18.2 Å². The van der Waals surface area contributed by atoms with Gasteiger partial charge in [-0.1, -0.05) is 12.1 Å². The van der Waals surface area contributed by atoms with Crippen LogP contribution in [0, 0.1) is 13.8 Å². The molecule has 0 amide bonds. The number of ether oxygens (including phenoxy) is 1. The molecular weight excluding hydrogens is 314 g/mol. The summed E-state index contributed by atoms with van der Waals surface area (Å²) in [5.74, 6) is -0.393. The highest BCUT2D eigenvalue weighted by atomic mass is 32.2. The van der Waals surface area contributed by atoms with E-state index in [9.17, 15) is 13.2 Å². The third-order valence-electron chi connectivity index (χ3n) is 4.78. The Labute approximate surface area is 136 Å². The van der Waals surface area contributed by atoms with Crippen LogP contribution in [0.3, 0.4) is 0 Å². The van der Waals surface area contributed by atoms with Gasteiger partial charge in [0, 0.05) is 23.8 Å². The predicted octanol–water partition coefficient (Wildman–Crippen LogP) is 2.91. The van der Waals surface area contributed by atoms with E-state index in [0.29, 0.717) is 24.8 Å². The Morgan fingerprint density at radius 2 is 2.00 bits per heavy atom. The van der Waals surface area contributed by atoms with Gasteiger partial charge in [0.2, 0.25) is 0 Å². The van der Waals surface area contributed by atoms with E-state index >= 15 is 0 Å². The van der Waals surface area contributed by atoms with Crippen LogP contribution in [-0.4, -0.2) is 37.0 Å². The summed E-state index contributed by atoms with van der Waals surface area (Å²) >= 11 is 0. The minimum atomic E-state index is -3.07. The summed E-state index contributed by atoms with van der Waals surface area (Å²) < 4.78 is 28.8. The molecule has 2 aromatic rings. The second kappa shape index (κ2) is 5.67. The van der Waals surface area contributed by atoms with Crippen molar-refractivity contribution in [1.82, 2.24) is 4.98 Å². The van der Waals surface area contributed by atoms with E-state index in [1.165, 1.54) is 6.26 Å². The van der Waals surface area contributed by atoms with E-state index in [4.69, 9.17) is 4.74 Å². The van der Waals surface area contributed by atoms with Crippen LogP contribution >= 0.6 is 0 Å². The molecule has 1 aromatic heterocycles. The fourth-order valence-electron chi connectivity index (χ4n) is 3.26. The van der Waals surface area contributed by atoms with Crippen LogP contribution in [0.25, 0.3) is 10.9 Å². The van der Waals surface area contributed by atoms with Gasteiger partial charge in [0.1, 0.15) is 15.9 Å². The van der Waals surface area contributed by atoms with Gasteiger partial charge in [-0.15, -0.1) is 0 Å². The quantitative estimate of drug-likeness (QED) is 0.875. The molecule has 124 valence electrons. The van der Waals surface area contributed by atoms with Crippen molar-refractivity contribution in [3.63, 3.8) is 0 Å². The van der Waals surface area contributed by atoms with Gasteiger partial charge in [0.15, 0.2) is 0 Å². The summed E-state index contributed by atoms with van der Waals surface area (Å²) in [6.45, 7) is 3.98. The first-order valence-corrected chi connectivity index (χ1v) is 9.70. The van der Waals surface area contributed by atoms with Crippen molar-refractivity contribution in [2.24, 2.45) is 0 Å². The Kier molecular flexibility index (Phi) is 3.96. The number of H-pyrrole nitrogens is 1. The predicted molar refractivity (Wildman–Crippen MR) is 89.5 cm³/mol. The number of hydrogen-bond acceptors (Lipinski definition) is 4. The van der Waals surface area contributed by atoms with Crippen molar-refractivity contribution in [3.8, 4) is 0 Å². The summed E-state index contributed by atoms with van der Waals surface area (Å²) in [6.07, 6.45) is 2.47. The van der Waals surface area contributed by atoms with Gasteiger partial charge in [-0.25, -0.2) is 13.2 Å². The lowest BCUT2D eigenvalue weighted by atomic mass is 10.1. The molecule has 0 aliphatic heterocycles. The zero-order valence-corrected chi connectivity index (χ0v) is 14.4. The molecule has 5 nitrogen and oxygen atoms in total. The minimum absolute atomic E-state index is 0.324. The highest BCUT2D eigenvalue weighted by molar-refractivity contribution is 7.91. The standard InChI is InChI=1S/C17H21NO4S/c1-10-11(2)18-16-14(10)5-4-6-15(16)17(19)22-12-7-8-13(9-12)23(3,20)21/h4-6,12-13,18H,7-9H2,1-3H3/t12-,13-/m0/s1. The van der Waals surface area contributed by atoms with Gasteiger partial charge in [0.05, 0.1) is 16.3 Å². The van der Waals surface area contributed by atoms with E-state index < -0.39 is 21.1 Å². The van der Waals surface area contributed by atoms with Crippen LogP contribution in [-0.2, 0) is 14.6 Å². The number of aromatic amines is 1. The minimum Gasteiger partial charge on any atom is -0.459 e. The van der Waals surface area contributed by atoms with Gasteiger partial charge < -0.3 is 9.72 Å². The Morgan fingerprint density at radius 1 is 1.26 bits per heavy atom. The molecule has 23 heavy (non-hydrogen) atoms. The number of aryl methyl sites for hydroxylation is 2. The van der Waals surface area contributed by atoms with Crippen molar-refractivity contribution in [2.45, 2.75) is 44.5 Å². The zero-order chi connectivity index (χ0) is 16.8. The first-order valence-electron chi connectivity index (χ1n) is 7.75. The van der Waals surface area contributed by atoms with E-state index in [2.05, 4.69) is 4.98 Å². The van der Waals surface area contributed by atoms with Crippen molar-refractivity contribution < 1.29 is 17.9 Å². The SMILES string of the molecule is Cc1[nH]c2c(C(=O)O[C@H]3CC[C@H](S(C)(=O)=O)C3)cccc2c1C. The molecule has 1 aliphatic rings. The lowest BCUT2D eigenvalue weighted by molar-refractivity contribution is 0.0320. The Balaban J connectivity index is 1.81. The Bertz CT molecular complexity index is 866. The number of sulfone groups is 1. The fraction of sp³-hybridized carbons (Fsp3) is 0.471. The van der Waals surface area contributed by atoms with Crippen molar-refractivity contribution >= 4 is 26.7 Å². The average molecular weight is 335 g/mol. The highest BCUT2D eigenvalue weighted by Crippen LogP contribution is 2.29. The number of rotatable bonds is 3. The number of aromatic nitrogens is 1. The molecule has 1 heterocycles. The van der Waals surface area contributed by atoms with Crippen LogP contribution < -0.4 is 0 Å². The lowest BCUT2D eigenvalue weighted by Gasteiger charge is -2.13. The maximum Gasteiger partial charge on any atom is 0.340 e. The van der Waals surface area contributed by atoms with Crippen LogP contribution in [0.2, 0.25) is 0 Å². The van der Waals surface area contributed by atoms with Crippen LogP contribution in [0.5, 0.6) is 0 Å². The van der Waals surface area contributed by atoms with Crippen molar-refractivity contribution in [2.75, 3.05) is 6.26 Å². The lowest BCUT2D eigenvalue weighted by Crippen LogP contribution is -2.20. The summed E-state index contributed by atoms with van der Waals surface area (Å²) in [5.41, 5.74) is 3.43. The van der Waals surface area contributed by atoms with Crippen LogP contribution in [0.4, 0.5) is 0 Å². The number of nitrogens with one attached hydrogen (secondary N) is 1. The molecular formula is C17H21NO4S. The number of para-hydroxylation sites is 1. The fourth-order valence-corrected chi connectivity index (χ4v) is 4.39. The molecule has 1 aromatic carbocycles. The number of carbonyl (C=O) groups excluding carboxylic acids is 1. The van der Waals surface area contributed by atoms with Gasteiger partial charge in [-0.3, -0.25) is 0 Å². The molecule has 1 N–H and O–H groups in total. The van der Waals surface area contributed by atoms with E-state index in [1.54, 1.807) is 6.07 Å². The molecule has 0 spiro atoms. The largest absolute Gasteiger partial charge is 0.459 e. The summed E-state index contributed by atoms with van der Waals surface area (Å²) in [4.78, 5) is 15.7. The van der Waals surface area contributed by atoms with E-state index in [-0.39, 0.29) is 6.10 Å². The van der Waals surface area contributed by atoms with Gasteiger partial charge >= 0.3 is 5.97 Å². The average Bonchev–Trinajstić information content (AvgIpc) is 3.05. The zero-order valence-electron chi connectivity index (χ0n) is 13.5. The third-order valence-corrected chi connectivity index (χ3v) is 6.42. The molecule has 6 heteroatoms. The number of esters is 1. The second-order valence-electron chi connectivity index (χ2n) is 6.40. The van der Waals surface area contributed by atoms with E-state index in [0.717, 1.165) is 22.2 Å². The topological polar surface area (TPSA) is 76.2 Å². The molecule has 0 bridgehead atoms. The molecule has 0 radical (unpaired) electrons. The Hall–Kier alpha value is -1.82. The molecule has 2 atom stereocenters. The van der Waals surface area contributed by atoms with Gasteiger partial charge in [0.25, 0.3) is 0 Å². The highest BCUT2D eigenvalue weighted by Gasteiger charge is 2.34. The maximum absolute atomic E-state index is 12.5. The summed E-state index contributed by atoms with van der Waals surface area (Å²) in [7, 11) is -3.07. The van der Waals surface area contributed by atoms with Crippen LogP contribution in [0.1, 0.15) is 40.9 Å². The first kappa shape index (κ1) is 16.1. The molecule has 1 aliphatic carbocycles. The molecule has 3 rings (SSSR count). The second-order valence-corrected chi connectivity index (χ2v) is 8.72. The third kappa shape index (κ3) is 3.00. The summed E-state index contributed by atoms with van der Waals surface area (Å²) in [6, 6.07) is 5.55. The number of carbonyl (C=O) groups is 1. The smallest absolute Gasteiger partial charge is 0.340 e. The number of fused-ring (bicyclic) bond motifs is 1. The van der Waals surface area contributed by atoms with Crippen molar-refractivity contribution in [3.05, 3.63) is 35.0 Å². The molecule has 0 saturated heterocycles.